The Morgan fingerprint density at radius 3 is 3.08 bits per heavy atom. The first-order valence-electron chi connectivity index (χ1n) is 9.17. The molecule has 1 unspecified atom stereocenters. The fourth-order valence-electron chi connectivity index (χ4n) is 4.56. The van der Waals surface area contributed by atoms with E-state index in [-0.39, 0.29) is 11.3 Å². The summed E-state index contributed by atoms with van der Waals surface area (Å²) in [5, 5.41) is 11.7. The van der Waals surface area contributed by atoms with E-state index in [2.05, 4.69) is 15.3 Å². The molecule has 6 nitrogen and oxygen atoms in total. The largest absolute Gasteiger partial charge is 0.338 e. The van der Waals surface area contributed by atoms with E-state index < -0.39 is 0 Å². The van der Waals surface area contributed by atoms with Crippen molar-refractivity contribution in [1.29, 1.82) is 0 Å². The lowest BCUT2D eigenvalue weighted by atomic mass is 9.77. The maximum atomic E-state index is 13.2. The number of carbonyl (C=O) groups excluding carboxylic acids is 1. The van der Waals surface area contributed by atoms with Crippen molar-refractivity contribution in [3.8, 4) is 5.69 Å². The maximum absolute atomic E-state index is 13.2. The number of hydrogen-bond donors (Lipinski definition) is 1. The van der Waals surface area contributed by atoms with Gasteiger partial charge in [-0.2, -0.15) is 10.2 Å². The Morgan fingerprint density at radius 1 is 1.23 bits per heavy atom. The molecule has 1 amide bonds. The van der Waals surface area contributed by atoms with Crippen molar-refractivity contribution < 1.29 is 4.79 Å². The molecular weight excluding hydrogens is 326 g/mol. The van der Waals surface area contributed by atoms with E-state index in [0.717, 1.165) is 50.0 Å². The average molecular weight is 347 g/mol. The third-order valence-corrected chi connectivity index (χ3v) is 5.85. The standard InChI is InChI=1S/C20H21N5O/c26-19(15-4-1-5-17(12-15)25-11-3-9-22-25)24-10-2-7-20(14-24)8-6-16-13-21-23-18(16)20/h1,3-5,9,11-13H,2,6-8,10,14H2,(H,21,23). The van der Waals surface area contributed by atoms with Gasteiger partial charge in [0.2, 0.25) is 0 Å². The number of amides is 1. The van der Waals surface area contributed by atoms with Crippen molar-refractivity contribution in [1.82, 2.24) is 24.9 Å². The van der Waals surface area contributed by atoms with Gasteiger partial charge in [0.05, 0.1) is 11.9 Å². The molecule has 1 spiro atoms. The maximum Gasteiger partial charge on any atom is 0.253 e. The summed E-state index contributed by atoms with van der Waals surface area (Å²) >= 11 is 0. The zero-order valence-corrected chi connectivity index (χ0v) is 14.6. The van der Waals surface area contributed by atoms with Crippen LogP contribution in [0.5, 0.6) is 0 Å². The van der Waals surface area contributed by atoms with Gasteiger partial charge in [-0.25, -0.2) is 4.68 Å². The Hall–Kier alpha value is -2.89. The van der Waals surface area contributed by atoms with E-state index in [1.54, 1.807) is 10.9 Å². The molecule has 1 aliphatic carbocycles. The monoisotopic (exact) mass is 347 g/mol. The SMILES string of the molecule is O=C(c1cccc(-n2cccn2)c1)N1CCCC2(CCc3cn[nH]c32)C1. The van der Waals surface area contributed by atoms with Crippen molar-refractivity contribution in [2.75, 3.05) is 13.1 Å². The lowest BCUT2D eigenvalue weighted by Crippen LogP contribution is -2.47. The van der Waals surface area contributed by atoms with Crippen LogP contribution in [0.25, 0.3) is 5.69 Å². The molecule has 0 saturated carbocycles. The summed E-state index contributed by atoms with van der Waals surface area (Å²) in [6, 6.07) is 9.59. The summed E-state index contributed by atoms with van der Waals surface area (Å²) in [6.07, 6.45) is 9.89. The Kier molecular flexibility index (Phi) is 3.45. The zero-order chi connectivity index (χ0) is 17.6. The minimum Gasteiger partial charge on any atom is -0.338 e. The topological polar surface area (TPSA) is 66.8 Å². The smallest absolute Gasteiger partial charge is 0.253 e. The van der Waals surface area contributed by atoms with Crippen LogP contribution in [0.2, 0.25) is 0 Å². The zero-order valence-electron chi connectivity index (χ0n) is 14.6. The van der Waals surface area contributed by atoms with Gasteiger partial charge in [-0.3, -0.25) is 9.89 Å². The van der Waals surface area contributed by atoms with E-state index in [4.69, 9.17) is 0 Å². The second kappa shape index (κ2) is 5.83. The second-order valence-corrected chi connectivity index (χ2v) is 7.38. The number of likely N-dealkylation sites (tertiary alicyclic amines) is 1. The highest BCUT2D eigenvalue weighted by Gasteiger charge is 2.44. The highest BCUT2D eigenvalue weighted by atomic mass is 16.2. The molecule has 26 heavy (non-hydrogen) atoms. The molecule has 132 valence electrons. The number of piperidine rings is 1. The molecule has 0 bridgehead atoms. The molecule has 3 heterocycles. The average Bonchev–Trinajstić information content (AvgIpc) is 3.42. The van der Waals surface area contributed by atoms with Gasteiger partial charge in [0.15, 0.2) is 0 Å². The van der Waals surface area contributed by atoms with Gasteiger partial charge < -0.3 is 4.90 Å². The van der Waals surface area contributed by atoms with Gasteiger partial charge in [-0.1, -0.05) is 6.07 Å². The molecule has 0 radical (unpaired) electrons. The van der Waals surface area contributed by atoms with E-state index in [9.17, 15) is 4.79 Å². The first-order valence-corrected chi connectivity index (χ1v) is 9.17. The van der Waals surface area contributed by atoms with Crippen molar-refractivity contribution in [2.24, 2.45) is 0 Å². The predicted molar refractivity (Wildman–Crippen MR) is 97.3 cm³/mol. The van der Waals surface area contributed by atoms with Gasteiger partial charge >= 0.3 is 0 Å². The van der Waals surface area contributed by atoms with Crippen molar-refractivity contribution in [3.05, 3.63) is 65.7 Å². The molecule has 6 heteroatoms. The highest BCUT2D eigenvalue weighted by molar-refractivity contribution is 5.95. The lowest BCUT2D eigenvalue weighted by molar-refractivity contribution is 0.0633. The van der Waals surface area contributed by atoms with Crippen LogP contribution in [-0.2, 0) is 11.8 Å². The molecule has 2 aromatic heterocycles. The number of nitrogens with one attached hydrogen (secondary N) is 1. The first kappa shape index (κ1) is 15.4. The number of nitrogens with zero attached hydrogens (tertiary/aromatic N) is 4. The summed E-state index contributed by atoms with van der Waals surface area (Å²) in [5.74, 6) is 0.103. The predicted octanol–water partition coefficient (Wildman–Crippen LogP) is 2.72. The summed E-state index contributed by atoms with van der Waals surface area (Å²) in [6.45, 7) is 1.59. The van der Waals surface area contributed by atoms with Crippen LogP contribution < -0.4 is 0 Å². The number of benzene rings is 1. The van der Waals surface area contributed by atoms with Crippen LogP contribution in [0.1, 0.15) is 40.9 Å². The fraction of sp³-hybridized carbons (Fsp3) is 0.350. The van der Waals surface area contributed by atoms with Crippen LogP contribution >= 0.6 is 0 Å². The van der Waals surface area contributed by atoms with Gasteiger partial charge in [-0.15, -0.1) is 0 Å². The number of carbonyl (C=O) groups is 1. The molecule has 1 aromatic carbocycles. The molecule has 1 aliphatic heterocycles. The van der Waals surface area contributed by atoms with Crippen molar-refractivity contribution in [2.45, 2.75) is 31.1 Å². The Bertz CT molecular complexity index is 945. The number of rotatable bonds is 2. The van der Waals surface area contributed by atoms with Crippen molar-refractivity contribution in [3.63, 3.8) is 0 Å². The highest BCUT2D eigenvalue weighted by Crippen LogP contribution is 2.44. The second-order valence-electron chi connectivity index (χ2n) is 7.38. The fourth-order valence-corrected chi connectivity index (χ4v) is 4.56. The molecule has 3 aromatic rings. The quantitative estimate of drug-likeness (QED) is 0.775. The number of aryl methyl sites for hydroxylation is 1. The van der Waals surface area contributed by atoms with Crippen LogP contribution in [0.4, 0.5) is 0 Å². The number of H-pyrrole nitrogens is 1. The molecular formula is C20H21N5O. The Balaban J connectivity index is 1.42. The molecule has 1 fully saturated rings. The van der Waals surface area contributed by atoms with E-state index >= 15 is 0 Å². The minimum atomic E-state index is 0.0549. The third-order valence-electron chi connectivity index (χ3n) is 5.85. The summed E-state index contributed by atoms with van der Waals surface area (Å²) in [4.78, 5) is 15.2. The number of hydrogen-bond acceptors (Lipinski definition) is 3. The van der Waals surface area contributed by atoms with Crippen LogP contribution in [-0.4, -0.2) is 43.9 Å². The number of aromatic nitrogens is 4. The molecule has 1 atom stereocenters. The summed E-state index contributed by atoms with van der Waals surface area (Å²) in [7, 11) is 0. The minimum absolute atomic E-state index is 0.0549. The number of aromatic amines is 1. The Labute approximate surface area is 151 Å². The van der Waals surface area contributed by atoms with E-state index in [1.807, 2.05) is 47.6 Å². The summed E-state index contributed by atoms with van der Waals surface area (Å²) < 4.78 is 1.78. The van der Waals surface area contributed by atoms with Crippen LogP contribution in [0.3, 0.4) is 0 Å². The normalized spacial score (nSPS) is 21.9. The molecule has 5 rings (SSSR count). The first-order chi connectivity index (χ1) is 12.8. The van der Waals surface area contributed by atoms with Crippen LogP contribution in [0.15, 0.2) is 48.9 Å². The lowest BCUT2D eigenvalue weighted by Gasteiger charge is -2.40. The van der Waals surface area contributed by atoms with E-state index in [1.165, 1.54) is 11.3 Å². The van der Waals surface area contributed by atoms with Gasteiger partial charge in [-0.05, 0) is 55.5 Å². The summed E-state index contributed by atoms with van der Waals surface area (Å²) in [5.41, 5.74) is 4.25. The molecule has 2 aliphatic rings. The van der Waals surface area contributed by atoms with E-state index in [0.29, 0.717) is 0 Å². The van der Waals surface area contributed by atoms with Gasteiger partial charge in [0, 0.05) is 42.2 Å². The van der Waals surface area contributed by atoms with Crippen LogP contribution in [0, 0.1) is 0 Å². The molecule has 1 saturated heterocycles. The van der Waals surface area contributed by atoms with Gasteiger partial charge in [0.25, 0.3) is 5.91 Å². The van der Waals surface area contributed by atoms with Gasteiger partial charge in [0.1, 0.15) is 0 Å². The van der Waals surface area contributed by atoms with Crippen molar-refractivity contribution >= 4 is 5.91 Å². The number of fused-ring (bicyclic) bond motifs is 2. The third kappa shape index (κ3) is 2.36. The molecule has 1 N–H and O–H groups in total. The Morgan fingerprint density at radius 2 is 2.19 bits per heavy atom.